The van der Waals surface area contributed by atoms with Gasteiger partial charge in [0.25, 0.3) is 0 Å². The van der Waals surface area contributed by atoms with Crippen molar-refractivity contribution in [2.45, 2.75) is 36.9 Å². The van der Waals surface area contributed by atoms with Crippen LogP contribution in [0.2, 0.25) is 0 Å². The van der Waals surface area contributed by atoms with E-state index < -0.39 is 0 Å². The summed E-state index contributed by atoms with van der Waals surface area (Å²) in [6.07, 6.45) is 6.79. The fourth-order valence-corrected chi connectivity index (χ4v) is 4.34. The summed E-state index contributed by atoms with van der Waals surface area (Å²) in [4.78, 5) is 20.7. The van der Waals surface area contributed by atoms with E-state index in [9.17, 15) is 4.79 Å². The summed E-state index contributed by atoms with van der Waals surface area (Å²) in [5.41, 5.74) is 0.748. The van der Waals surface area contributed by atoms with Crippen molar-refractivity contribution in [3.63, 3.8) is 0 Å². The second-order valence-corrected chi connectivity index (χ2v) is 7.26. The van der Waals surface area contributed by atoms with Crippen LogP contribution < -0.4 is 5.32 Å². The van der Waals surface area contributed by atoms with Crippen molar-refractivity contribution < 1.29 is 4.79 Å². The Hall–Kier alpha value is -1.89. The molecule has 2 N–H and O–H groups in total. The smallest absolute Gasteiger partial charge is 0.230 e. The topological polar surface area (TPSA) is 83.6 Å². The van der Waals surface area contributed by atoms with Crippen molar-refractivity contribution in [3.05, 3.63) is 24.4 Å². The van der Waals surface area contributed by atoms with Gasteiger partial charge in [0.2, 0.25) is 11.1 Å². The standard InChI is InChI=1S/C16H19N5OS/c22-14(18-13-8-10-4-5-11(13)7-10)9-23-16-19-15(20-21-16)12-3-1-2-6-17-12/h1-3,6,10-11,13H,4-5,7-9H2,(H,18,22)(H,19,20,21)/t10-,11+,13-/m0/s1. The summed E-state index contributed by atoms with van der Waals surface area (Å²) >= 11 is 1.35. The molecule has 2 aromatic rings. The molecule has 2 saturated carbocycles. The molecule has 4 rings (SSSR count). The van der Waals surface area contributed by atoms with Crippen LogP contribution in [-0.2, 0) is 4.79 Å². The van der Waals surface area contributed by atoms with Gasteiger partial charge in [0.1, 0.15) is 5.69 Å². The minimum Gasteiger partial charge on any atom is -0.352 e. The molecule has 7 heteroatoms. The van der Waals surface area contributed by atoms with Crippen molar-refractivity contribution >= 4 is 17.7 Å². The minimum absolute atomic E-state index is 0.0803. The summed E-state index contributed by atoms with van der Waals surface area (Å²) < 4.78 is 0. The van der Waals surface area contributed by atoms with E-state index in [1.165, 1.54) is 31.0 Å². The van der Waals surface area contributed by atoms with Gasteiger partial charge in [-0.3, -0.25) is 14.9 Å². The highest BCUT2D eigenvalue weighted by atomic mass is 32.2. The van der Waals surface area contributed by atoms with Crippen LogP contribution in [-0.4, -0.2) is 37.9 Å². The zero-order valence-electron chi connectivity index (χ0n) is 12.7. The van der Waals surface area contributed by atoms with E-state index in [-0.39, 0.29) is 5.91 Å². The molecule has 120 valence electrons. The number of nitrogens with one attached hydrogen (secondary N) is 2. The number of H-pyrrole nitrogens is 1. The van der Waals surface area contributed by atoms with Crippen LogP contribution in [0.15, 0.2) is 29.6 Å². The lowest BCUT2D eigenvalue weighted by Crippen LogP contribution is -2.39. The average molecular weight is 329 g/mol. The van der Waals surface area contributed by atoms with E-state index in [0.717, 1.165) is 18.0 Å². The molecule has 0 saturated heterocycles. The third-order valence-corrected chi connectivity index (χ3v) is 5.64. The van der Waals surface area contributed by atoms with Crippen LogP contribution in [0.3, 0.4) is 0 Å². The number of fused-ring (bicyclic) bond motifs is 2. The maximum atomic E-state index is 12.1. The normalized spacial score (nSPS) is 25.7. The van der Waals surface area contributed by atoms with E-state index >= 15 is 0 Å². The van der Waals surface area contributed by atoms with Crippen LogP contribution in [0.4, 0.5) is 0 Å². The van der Waals surface area contributed by atoms with Gasteiger partial charge >= 0.3 is 0 Å². The molecule has 0 radical (unpaired) electrons. The largest absolute Gasteiger partial charge is 0.352 e. The monoisotopic (exact) mass is 329 g/mol. The first-order chi connectivity index (χ1) is 11.3. The van der Waals surface area contributed by atoms with E-state index in [0.29, 0.717) is 28.7 Å². The predicted molar refractivity (Wildman–Crippen MR) is 87.7 cm³/mol. The number of aromatic nitrogens is 4. The second-order valence-electron chi connectivity index (χ2n) is 6.32. The first-order valence-corrected chi connectivity index (χ1v) is 9.02. The van der Waals surface area contributed by atoms with E-state index in [4.69, 9.17) is 0 Å². The molecule has 3 atom stereocenters. The zero-order chi connectivity index (χ0) is 15.6. The SMILES string of the molecule is O=C(CSc1n[nH]c(-c2ccccn2)n1)N[C@H]1C[C@H]2CC[C@@H]1C2. The van der Waals surface area contributed by atoms with Gasteiger partial charge in [-0.2, -0.15) is 4.98 Å². The highest BCUT2D eigenvalue weighted by Gasteiger charge is 2.39. The highest BCUT2D eigenvalue weighted by molar-refractivity contribution is 7.99. The van der Waals surface area contributed by atoms with Crippen molar-refractivity contribution in [3.8, 4) is 11.5 Å². The highest BCUT2D eigenvalue weighted by Crippen LogP contribution is 2.44. The Morgan fingerprint density at radius 3 is 3.04 bits per heavy atom. The Labute approximate surface area is 138 Å². The second kappa shape index (κ2) is 6.31. The van der Waals surface area contributed by atoms with Gasteiger partial charge in [-0.05, 0) is 43.2 Å². The van der Waals surface area contributed by atoms with Crippen molar-refractivity contribution in [2.24, 2.45) is 11.8 Å². The van der Waals surface area contributed by atoms with Gasteiger partial charge in [-0.25, -0.2) is 0 Å². The van der Waals surface area contributed by atoms with E-state index in [1.807, 2.05) is 18.2 Å². The number of thioether (sulfide) groups is 1. The molecule has 6 nitrogen and oxygen atoms in total. The molecule has 2 fully saturated rings. The number of hydrogen-bond acceptors (Lipinski definition) is 5. The third kappa shape index (κ3) is 3.24. The molecular weight excluding hydrogens is 310 g/mol. The van der Waals surface area contributed by atoms with E-state index in [2.05, 4.69) is 25.5 Å². The van der Waals surface area contributed by atoms with Crippen molar-refractivity contribution in [2.75, 3.05) is 5.75 Å². The predicted octanol–water partition coefficient (Wildman–Crippen LogP) is 2.26. The number of amides is 1. The molecule has 0 aliphatic heterocycles. The number of carbonyl (C=O) groups excluding carboxylic acids is 1. The molecule has 0 spiro atoms. The molecule has 0 aromatic carbocycles. The van der Waals surface area contributed by atoms with E-state index in [1.54, 1.807) is 6.20 Å². The molecule has 0 unspecified atom stereocenters. The van der Waals surface area contributed by atoms with Crippen LogP contribution in [0.25, 0.3) is 11.5 Å². The quantitative estimate of drug-likeness (QED) is 0.822. The lowest BCUT2D eigenvalue weighted by Gasteiger charge is -2.22. The summed E-state index contributed by atoms with van der Waals surface area (Å²) in [6.45, 7) is 0. The van der Waals surface area contributed by atoms with Crippen LogP contribution in [0.5, 0.6) is 0 Å². The fourth-order valence-electron chi connectivity index (χ4n) is 3.73. The van der Waals surface area contributed by atoms with Gasteiger partial charge in [0, 0.05) is 12.2 Å². The minimum atomic E-state index is 0.0803. The Morgan fingerprint density at radius 2 is 2.30 bits per heavy atom. The molecule has 2 bridgehead atoms. The number of rotatable bonds is 5. The lowest BCUT2D eigenvalue weighted by molar-refractivity contribution is -0.119. The number of carbonyl (C=O) groups is 1. The van der Waals surface area contributed by atoms with Gasteiger partial charge in [0.15, 0.2) is 5.82 Å². The molecule has 1 amide bonds. The molecule has 2 aliphatic carbocycles. The zero-order valence-corrected chi connectivity index (χ0v) is 13.6. The Bertz CT molecular complexity index is 689. The third-order valence-electron chi connectivity index (χ3n) is 4.79. The number of pyridine rings is 1. The summed E-state index contributed by atoms with van der Waals surface area (Å²) in [5.74, 6) is 2.60. The first kappa shape index (κ1) is 14.7. The molecule has 2 heterocycles. The maximum absolute atomic E-state index is 12.1. The van der Waals surface area contributed by atoms with Gasteiger partial charge in [0.05, 0.1) is 5.75 Å². The summed E-state index contributed by atoms with van der Waals surface area (Å²) in [6, 6.07) is 6.02. The summed E-state index contributed by atoms with van der Waals surface area (Å²) in [7, 11) is 0. The average Bonchev–Trinajstić information content (AvgIpc) is 3.30. The Morgan fingerprint density at radius 1 is 1.35 bits per heavy atom. The van der Waals surface area contributed by atoms with Gasteiger partial charge in [-0.1, -0.05) is 24.2 Å². The van der Waals surface area contributed by atoms with Crippen LogP contribution in [0, 0.1) is 11.8 Å². The lowest BCUT2D eigenvalue weighted by atomic mass is 9.95. The molecule has 2 aromatic heterocycles. The molecular formula is C16H19N5OS. The first-order valence-electron chi connectivity index (χ1n) is 8.04. The van der Waals surface area contributed by atoms with Crippen LogP contribution >= 0.6 is 11.8 Å². The van der Waals surface area contributed by atoms with Crippen LogP contribution in [0.1, 0.15) is 25.7 Å². The maximum Gasteiger partial charge on any atom is 0.230 e. The summed E-state index contributed by atoms with van der Waals surface area (Å²) in [5, 5.41) is 10.8. The van der Waals surface area contributed by atoms with Crippen molar-refractivity contribution in [1.29, 1.82) is 0 Å². The Balaban J connectivity index is 1.29. The number of nitrogens with zero attached hydrogens (tertiary/aromatic N) is 3. The van der Waals surface area contributed by atoms with Gasteiger partial charge < -0.3 is 5.32 Å². The Kier molecular flexibility index (Phi) is 4.03. The van der Waals surface area contributed by atoms with Crippen molar-refractivity contribution in [1.82, 2.24) is 25.5 Å². The van der Waals surface area contributed by atoms with Gasteiger partial charge in [-0.15, -0.1) is 5.10 Å². The number of aromatic amines is 1. The number of hydrogen-bond donors (Lipinski definition) is 2. The molecule has 23 heavy (non-hydrogen) atoms. The fraction of sp³-hybridized carbons (Fsp3) is 0.500. The molecule has 2 aliphatic rings.